The summed E-state index contributed by atoms with van der Waals surface area (Å²) in [4.78, 5) is 10.3. The van der Waals surface area contributed by atoms with Gasteiger partial charge in [0.1, 0.15) is 11.4 Å². The lowest BCUT2D eigenvalue weighted by Crippen LogP contribution is -2.38. The standard InChI is InChI=1S/C12H15FN2O3.H3NO2S/c13-12(5-7-18-8-6-12)9-14-10-3-1-2-4-11(10)15(16)17;1-4(2)3/h1-4,14H,5-9H2;4H,(H2,1,2,3). The number of thiol groups is 1. The lowest BCUT2D eigenvalue weighted by molar-refractivity contribution is -0.384. The van der Waals surface area contributed by atoms with E-state index in [0.29, 0.717) is 31.7 Å². The maximum Gasteiger partial charge on any atom is 0.292 e. The van der Waals surface area contributed by atoms with Crippen LogP contribution in [0.5, 0.6) is 0 Å². The van der Waals surface area contributed by atoms with Crippen LogP contribution in [0.4, 0.5) is 15.8 Å². The molecule has 10 heteroatoms. The Morgan fingerprint density at radius 1 is 1.36 bits per heavy atom. The van der Waals surface area contributed by atoms with Crippen molar-refractivity contribution in [2.24, 2.45) is 5.14 Å². The van der Waals surface area contributed by atoms with Gasteiger partial charge in [-0.3, -0.25) is 10.1 Å². The number of ether oxygens (including phenoxy) is 1. The molecule has 0 saturated carbocycles. The normalized spacial score (nSPS) is 16.5. The van der Waals surface area contributed by atoms with Gasteiger partial charge in [0.25, 0.3) is 5.69 Å². The van der Waals surface area contributed by atoms with Crippen LogP contribution >= 0.6 is 0 Å². The Labute approximate surface area is 128 Å². The molecule has 0 spiro atoms. The summed E-state index contributed by atoms with van der Waals surface area (Å²) < 4.78 is 37.0. The van der Waals surface area contributed by atoms with Gasteiger partial charge in [-0.25, -0.2) is 17.9 Å². The third-order valence-corrected chi connectivity index (χ3v) is 3.09. The molecule has 1 heterocycles. The van der Waals surface area contributed by atoms with E-state index >= 15 is 0 Å². The number of para-hydroxylation sites is 2. The molecule has 3 N–H and O–H groups in total. The zero-order chi connectivity index (χ0) is 16.6. The first kappa shape index (κ1) is 18.3. The lowest BCUT2D eigenvalue weighted by atomic mass is 9.96. The predicted molar refractivity (Wildman–Crippen MR) is 80.0 cm³/mol. The Kier molecular flexibility index (Phi) is 7.15. The van der Waals surface area contributed by atoms with Crippen molar-refractivity contribution in [3.8, 4) is 0 Å². The fourth-order valence-electron chi connectivity index (χ4n) is 1.95. The number of benzene rings is 1. The second kappa shape index (κ2) is 8.61. The Balaban J connectivity index is 0.000000541. The molecule has 124 valence electrons. The second-order valence-corrected chi connectivity index (χ2v) is 5.25. The van der Waals surface area contributed by atoms with E-state index in [9.17, 15) is 14.5 Å². The molecule has 1 aromatic rings. The molecule has 2 rings (SSSR count). The van der Waals surface area contributed by atoms with E-state index in [1.165, 1.54) is 6.07 Å². The minimum absolute atomic E-state index is 0.0341. The van der Waals surface area contributed by atoms with Gasteiger partial charge in [-0.1, -0.05) is 12.1 Å². The largest absolute Gasteiger partial charge is 0.381 e. The number of nitrogens with one attached hydrogen (secondary N) is 1. The van der Waals surface area contributed by atoms with E-state index in [1.54, 1.807) is 18.2 Å². The van der Waals surface area contributed by atoms with Crippen molar-refractivity contribution in [1.82, 2.24) is 0 Å². The molecule has 1 saturated heterocycles. The first-order chi connectivity index (χ1) is 10.3. The molecule has 0 aliphatic carbocycles. The van der Waals surface area contributed by atoms with Crippen molar-refractivity contribution in [3.63, 3.8) is 0 Å². The van der Waals surface area contributed by atoms with Gasteiger partial charge in [0.05, 0.1) is 4.92 Å². The molecule has 22 heavy (non-hydrogen) atoms. The van der Waals surface area contributed by atoms with Crippen LogP contribution in [-0.4, -0.2) is 38.8 Å². The average Bonchev–Trinajstić information content (AvgIpc) is 2.46. The zero-order valence-electron chi connectivity index (χ0n) is 11.7. The monoisotopic (exact) mass is 335 g/mol. The Hall–Kier alpha value is -1.78. The molecule has 8 nitrogen and oxygen atoms in total. The molecule has 0 aromatic heterocycles. The van der Waals surface area contributed by atoms with Gasteiger partial charge in [0.2, 0.25) is 0 Å². The van der Waals surface area contributed by atoms with E-state index in [1.807, 2.05) is 0 Å². The van der Waals surface area contributed by atoms with Crippen molar-refractivity contribution in [1.29, 1.82) is 0 Å². The van der Waals surface area contributed by atoms with E-state index < -0.39 is 21.5 Å². The number of nitro groups is 1. The Bertz CT molecular complexity index is 568. The summed E-state index contributed by atoms with van der Waals surface area (Å²) in [6.45, 7) is 0.866. The molecule has 1 aliphatic heterocycles. The van der Waals surface area contributed by atoms with E-state index in [0.717, 1.165) is 0 Å². The summed E-state index contributed by atoms with van der Waals surface area (Å²) in [5.74, 6) is 0. The highest BCUT2D eigenvalue weighted by Crippen LogP contribution is 2.28. The summed E-state index contributed by atoms with van der Waals surface area (Å²) in [6.07, 6.45) is 0.640. The topological polar surface area (TPSA) is 125 Å². The number of anilines is 1. The smallest absolute Gasteiger partial charge is 0.292 e. The number of nitrogens with two attached hydrogens (primary N) is 1. The molecule has 0 radical (unpaired) electrons. The lowest BCUT2D eigenvalue weighted by Gasteiger charge is -2.29. The molecule has 0 unspecified atom stereocenters. The van der Waals surface area contributed by atoms with Crippen molar-refractivity contribution in [2.75, 3.05) is 25.1 Å². The number of hydrogen-bond donors (Lipinski definition) is 3. The van der Waals surface area contributed by atoms with Crippen LogP contribution in [0.15, 0.2) is 24.3 Å². The first-order valence-electron chi connectivity index (χ1n) is 6.47. The maximum atomic E-state index is 14.3. The summed E-state index contributed by atoms with van der Waals surface area (Å²) in [5, 5.41) is 17.7. The van der Waals surface area contributed by atoms with Crippen LogP contribution < -0.4 is 10.5 Å². The third kappa shape index (κ3) is 6.33. The van der Waals surface area contributed by atoms with Crippen LogP contribution in [0.2, 0.25) is 0 Å². The average molecular weight is 335 g/mol. The van der Waals surface area contributed by atoms with Crippen molar-refractivity contribution in [3.05, 3.63) is 34.4 Å². The minimum atomic E-state index is -2.62. The molecular weight excluding hydrogens is 317 g/mol. The summed E-state index contributed by atoms with van der Waals surface area (Å²) in [7, 11) is -2.62. The van der Waals surface area contributed by atoms with Gasteiger partial charge in [0, 0.05) is 38.7 Å². The number of rotatable bonds is 4. The van der Waals surface area contributed by atoms with Crippen molar-refractivity contribution < 1.29 is 22.5 Å². The number of alkyl halides is 1. The maximum absolute atomic E-state index is 14.3. The van der Waals surface area contributed by atoms with Gasteiger partial charge >= 0.3 is 0 Å². The number of nitro benzene ring substituents is 1. The fraction of sp³-hybridized carbons (Fsp3) is 0.500. The van der Waals surface area contributed by atoms with Gasteiger partial charge in [-0.15, -0.1) is 0 Å². The second-order valence-electron chi connectivity index (χ2n) is 4.68. The molecule has 1 aliphatic rings. The number of hydrogen-bond acceptors (Lipinski definition) is 6. The highest BCUT2D eigenvalue weighted by molar-refractivity contribution is 7.69. The zero-order valence-corrected chi connectivity index (χ0v) is 12.6. The molecular formula is C12H18FN3O5S. The van der Waals surface area contributed by atoms with Crippen molar-refractivity contribution >= 4 is 22.3 Å². The minimum Gasteiger partial charge on any atom is -0.381 e. The summed E-state index contributed by atoms with van der Waals surface area (Å²) in [5.41, 5.74) is -1.03. The van der Waals surface area contributed by atoms with Gasteiger partial charge in [0.15, 0.2) is 10.9 Å². The predicted octanol–water partition coefficient (Wildman–Crippen LogP) is 0.997. The first-order valence-corrected chi connectivity index (χ1v) is 7.72. The Morgan fingerprint density at radius 3 is 2.45 bits per heavy atom. The van der Waals surface area contributed by atoms with Crippen LogP contribution in [0.3, 0.4) is 0 Å². The van der Waals surface area contributed by atoms with Crippen LogP contribution in [0.25, 0.3) is 0 Å². The van der Waals surface area contributed by atoms with Crippen LogP contribution in [0, 0.1) is 10.1 Å². The van der Waals surface area contributed by atoms with E-state index in [2.05, 4.69) is 10.5 Å². The van der Waals surface area contributed by atoms with Crippen molar-refractivity contribution in [2.45, 2.75) is 18.5 Å². The van der Waals surface area contributed by atoms with Gasteiger partial charge in [-0.05, 0) is 6.07 Å². The SMILES string of the molecule is N[SH](=O)=O.O=[N+]([O-])c1ccccc1NCC1(F)CCOCC1. The van der Waals surface area contributed by atoms with Crippen LogP contribution in [0.1, 0.15) is 12.8 Å². The van der Waals surface area contributed by atoms with Gasteiger partial charge < -0.3 is 10.1 Å². The Morgan fingerprint density at radius 2 is 1.91 bits per heavy atom. The molecule has 0 bridgehead atoms. The van der Waals surface area contributed by atoms with Gasteiger partial charge in [-0.2, -0.15) is 0 Å². The summed E-state index contributed by atoms with van der Waals surface area (Å²) >= 11 is 0. The number of halogens is 1. The van der Waals surface area contributed by atoms with E-state index in [-0.39, 0.29) is 12.2 Å². The summed E-state index contributed by atoms with van der Waals surface area (Å²) in [6, 6.07) is 6.26. The quantitative estimate of drug-likeness (QED) is 0.428. The molecule has 0 amide bonds. The molecule has 1 aromatic carbocycles. The van der Waals surface area contributed by atoms with E-state index in [4.69, 9.17) is 13.2 Å². The molecule has 1 fully saturated rings. The highest BCUT2D eigenvalue weighted by Gasteiger charge is 2.32. The number of nitrogens with zero attached hydrogens (tertiary/aromatic N) is 1. The van der Waals surface area contributed by atoms with Crippen LogP contribution in [-0.2, 0) is 15.6 Å². The highest BCUT2D eigenvalue weighted by atomic mass is 32.2. The molecule has 0 atom stereocenters. The third-order valence-electron chi connectivity index (χ3n) is 3.09. The fourth-order valence-corrected chi connectivity index (χ4v) is 1.95.